The molecule has 0 unspecified atom stereocenters. The zero-order chi connectivity index (χ0) is 17.2. The molecule has 2 amide bonds. The molecule has 25 heavy (non-hydrogen) atoms. The fourth-order valence-corrected chi connectivity index (χ4v) is 4.85. The van der Waals surface area contributed by atoms with Crippen LogP contribution in [0.15, 0.2) is 28.2 Å². The third-order valence-corrected chi connectivity index (χ3v) is 6.16. The standard InChI is InChI=1S/C19H22N2O3S/c22-18(16-7-3-12-24-16)20-8-4-9-21(11-10-20)19(23)17-15-6-2-1-5-14(15)13-25-17/h3,7,12-13H,1-2,4-6,8-11H2. The molecular weight excluding hydrogens is 336 g/mol. The van der Waals surface area contributed by atoms with Crippen molar-refractivity contribution in [2.24, 2.45) is 0 Å². The summed E-state index contributed by atoms with van der Waals surface area (Å²) >= 11 is 1.59. The van der Waals surface area contributed by atoms with Gasteiger partial charge in [-0.05, 0) is 60.7 Å². The first kappa shape index (κ1) is 16.4. The van der Waals surface area contributed by atoms with E-state index in [0.717, 1.165) is 24.1 Å². The maximum absolute atomic E-state index is 13.0. The van der Waals surface area contributed by atoms with Crippen molar-refractivity contribution < 1.29 is 14.0 Å². The summed E-state index contributed by atoms with van der Waals surface area (Å²) in [4.78, 5) is 30.1. The molecule has 1 aliphatic heterocycles. The third kappa shape index (κ3) is 3.23. The van der Waals surface area contributed by atoms with Gasteiger partial charge in [0.2, 0.25) is 0 Å². The molecule has 0 spiro atoms. The summed E-state index contributed by atoms with van der Waals surface area (Å²) in [5, 5.41) is 2.16. The van der Waals surface area contributed by atoms with Crippen LogP contribution in [0.1, 0.15) is 50.6 Å². The number of rotatable bonds is 2. The molecular formula is C19H22N2O3S. The Morgan fingerprint density at radius 2 is 1.72 bits per heavy atom. The van der Waals surface area contributed by atoms with Crippen LogP contribution in [0.3, 0.4) is 0 Å². The molecule has 1 saturated heterocycles. The maximum atomic E-state index is 13.0. The van der Waals surface area contributed by atoms with Gasteiger partial charge >= 0.3 is 0 Å². The predicted molar refractivity (Wildman–Crippen MR) is 96.1 cm³/mol. The van der Waals surface area contributed by atoms with E-state index in [9.17, 15) is 9.59 Å². The quantitative estimate of drug-likeness (QED) is 0.828. The van der Waals surface area contributed by atoms with E-state index < -0.39 is 0 Å². The maximum Gasteiger partial charge on any atom is 0.289 e. The van der Waals surface area contributed by atoms with Gasteiger partial charge in [0, 0.05) is 26.2 Å². The lowest BCUT2D eigenvalue weighted by Gasteiger charge is -2.22. The van der Waals surface area contributed by atoms with Crippen molar-refractivity contribution in [1.29, 1.82) is 0 Å². The summed E-state index contributed by atoms with van der Waals surface area (Å²) in [5.74, 6) is 0.417. The Kier molecular flexibility index (Phi) is 4.61. The number of amides is 2. The zero-order valence-corrected chi connectivity index (χ0v) is 15.0. The highest BCUT2D eigenvalue weighted by Crippen LogP contribution is 2.31. The van der Waals surface area contributed by atoms with Crippen molar-refractivity contribution in [3.63, 3.8) is 0 Å². The first-order chi connectivity index (χ1) is 12.2. The van der Waals surface area contributed by atoms with Gasteiger partial charge in [-0.25, -0.2) is 0 Å². The van der Waals surface area contributed by atoms with Crippen LogP contribution >= 0.6 is 11.3 Å². The first-order valence-electron chi connectivity index (χ1n) is 8.95. The smallest absolute Gasteiger partial charge is 0.289 e. The molecule has 2 aromatic heterocycles. The summed E-state index contributed by atoms with van der Waals surface area (Å²) in [6.07, 6.45) is 6.84. The molecule has 0 saturated carbocycles. The highest BCUT2D eigenvalue weighted by atomic mass is 32.1. The highest BCUT2D eigenvalue weighted by Gasteiger charge is 2.27. The lowest BCUT2D eigenvalue weighted by molar-refractivity contribution is 0.0701. The number of aryl methyl sites for hydroxylation is 1. The number of thiophene rings is 1. The summed E-state index contributed by atoms with van der Waals surface area (Å²) in [7, 11) is 0. The molecule has 6 heteroatoms. The fourth-order valence-electron chi connectivity index (χ4n) is 3.72. The third-order valence-electron chi connectivity index (χ3n) is 5.10. The molecule has 0 aromatic carbocycles. The largest absolute Gasteiger partial charge is 0.459 e. The van der Waals surface area contributed by atoms with E-state index in [0.29, 0.717) is 31.9 Å². The van der Waals surface area contributed by atoms with Gasteiger partial charge in [0.1, 0.15) is 0 Å². The molecule has 0 bridgehead atoms. The molecule has 5 nitrogen and oxygen atoms in total. The van der Waals surface area contributed by atoms with Gasteiger partial charge in [0.25, 0.3) is 11.8 Å². The van der Waals surface area contributed by atoms with Crippen molar-refractivity contribution in [3.8, 4) is 0 Å². The molecule has 0 N–H and O–H groups in total. The Morgan fingerprint density at radius 1 is 0.960 bits per heavy atom. The number of fused-ring (bicyclic) bond motifs is 1. The number of nitrogens with zero attached hydrogens (tertiary/aromatic N) is 2. The lowest BCUT2D eigenvalue weighted by atomic mass is 9.93. The van der Waals surface area contributed by atoms with Crippen molar-refractivity contribution >= 4 is 23.2 Å². The van der Waals surface area contributed by atoms with Gasteiger partial charge < -0.3 is 14.2 Å². The second-order valence-electron chi connectivity index (χ2n) is 6.69. The second-order valence-corrected chi connectivity index (χ2v) is 7.57. The van der Waals surface area contributed by atoms with E-state index in [1.165, 1.54) is 30.2 Å². The van der Waals surface area contributed by atoms with Crippen LogP contribution in [0.25, 0.3) is 0 Å². The summed E-state index contributed by atoms with van der Waals surface area (Å²) in [6.45, 7) is 2.50. The van der Waals surface area contributed by atoms with Crippen LogP contribution in [-0.4, -0.2) is 47.8 Å². The average Bonchev–Trinajstić information content (AvgIpc) is 3.25. The number of carbonyl (C=O) groups excluding carboxylic acids is 2. The van der Waals surface area contributed by atoms with Crippen LogP contribution in [0.2, 0.25) is 0 Å². The molecule has 0 atom stereocenters. The normalized spacial score (nSPS) is 17.9. The Morgan fingerprint density at radius 3 is 2.48 bits per heavy atom. The van der Waals surface area contributed by atoms with Crippen molar-refractivity contribution in [1.82, 2.24) is 9.80 Å². The van der Waals surface area contributed by atoms with Crippen molar-refractivity contribution in [2.45, 2.75) is 32.1 Å². The van der Waals surface area contributed by atoms with Crippen LogP contribution in [-0.2, 0) is 12.8 Å². The van der Waals surface area contributed by atoms with E-state index in [4.69, 9.17) is 4.42 Å². The minimum atomic E-state index is -0.0900. The SMILES string of the molecule is O=C(c1ccco1)N1CCCN(C(=O)c2scc3c2CCCC3)CC1. The number of hydrogen-bond donors (Lipinski definition) is 0. The Balaban J connectivity index is 1.45. The average molecular weight is 358 g/mol. The number of carbonyl (C=O) groups is 2. The molecule has 1 fully saturated rings. The van der Waals surface area contributed by atoms with E-state index in [2.05, 4.69) is 5.38 Å². The van der Waals surface area contributed by atoms with Crippen molar-refractivity contribution in [3.05, 3.63) is 45.5 Å². The summed E-state index contributed by atoms with van der Waals surface area (Å²) in [6, 6.07) is 3.41. The lowest BCUT2D eigenvalue weighted by Crippen LogP contribution is -2.37. The topological polar surface area (TPSA) is 53.8 Å². The first-order valence-corrected chi connectivity index (χ1v) is 9.83. The summed E-state index contributed by atoms with van der Waals surface area (Å²) < 4.78 is 5.21. The highest BCUT2D eigenvalue weighted by molar-refractivity contribution is 7.12. The summed E-state index contributed by atoms with van der Waals surface area (Å²) in [5.41, 5.74) is 2.64. The predicted octanol–water partition coefficient (Wildman–Crippen LogP) is 3.21. The molecule has 1 aliphatic carbocycles. The second kappa shape index (κ2) is 7.04. The van der Waals surface area contributed by atoms with Crippen molar-refractivity contribution in [2.75, 3.05) is 26.2 Å². The van der Waals surface area contributed by atoms with Gasteiger partial charge in [-0.3, -0.25) is 9.59 Å². The van der Waals surface area contributed by atoms with E-state index >= 15 is 0 Å². The van der Waals surface area contributed by atoms with Gasteiger partial charge in [0.15, 0.2) is 5.76 Å². The fraction of sp³-hybridized carbons (Fsp3) is 0.474. The Hall–Kier alpha value is -2.08. The van der Waals surface area contributed by atoms with Crippen LogP contribution in [0.5, 0.6) is 0 Å². The van der Waals surface area contributed by atoms with Gasteiger partial charge in [-0.15, -0.1) is 11.3 Å². The minimum absolute atomic E-state index is 0.0900. The molecule has 4 rings (SSSR count). The monoisotopic (exact) mass is 358 g/mol. The molecule has 132 valence electrons. The van der Waals surface area contributed by atoms with Gasteiger partial charge in [0.05, 0.1) is 11.1 Å². The van der Waals surface area contributed by atoms with E-state index in [-0.39, 0.29) is 11.8 Å². The number of furan rings is 1. The Bertz CT molecular complexity index is 766. The molecule has 0 radical (unpaired) electrons. The van der Waals surface area contributed by atoms with Gasteiger partial charge in [-0.2, -0.15) is 0 Å². The van der Waals surface area contributed by atoms with Crippen LogP contribution in [0.4, 0.5) is 0 Å². The van der Waals surface area contributed by atoms with Crippen LogP contribution < -0.4 is 0 Å². The molecule has 2 aromatic rings. The molecule has 3 heterocycles. The van der Waals surface area contributed by atoms with E-state index in [1.54, 1.807) is 28.4 Å². The van der Waals surface area contributed by atoms with Gasteiger partial charge in [-0.1, -0.05) is 0 Å². The van der Waals surface area contributed by atoms with Crippen LogP contribution in [0, 0.1) is 0 Å². The Labute approximate surface area is 151 Å². The minimum Gasteiger partial charge on any atom is -0.459 e. The van der Waals surface area contributed by atoms with E-state index in [1.807, 2.05) is 4.90 Å². The number of hydrogen-bond acceptors (Lipinski definition) is 4. The molecule has 2 aliphatic rings. The zero-order valence-electron chi connectivity index (χ0n) is 14.2.